The van der Waals surface area contributed by atoms with Gasteiger partial charge in [0, 0.05) is 45.9 Å². The average Bonchev–Trinajstić information content (AvgIpc) is 2.24. The Morgan fingerprint density at radius 2 is 1.59 bits per heavy atom. The summed E-state index contributed by atoms with van der Waals surface area (Å²) in [6, 6.07) is 0.679. The molecule has 1 fully saturated rings. The van der Waals surface area contributed by atoms with Crippen LogP contribution in [0, 0.1) is 5.41 Å². The number of rotatable bonds is 4. The molecule has 1 saturated heterocycles. The van der Waals surface area contributed by atoms with E-state index < -0.39 is 0 Å². The first kappa shape index (κ1) is 14.9. The van der Waals surface area contributed by atoms with Crippen molar-refractivity contribution in [3.8, 4) is 0 Å². The molecular formula is C14H30N2O. The molecule has 0 N–H and O–H groups in total. The highest BCUT2D eigenvalue weighted by molar-refractivity contribution is 4.81. The minimum atomic E-state index is 0.226. The molecule has 1 rings (SSSR count). The Labute approximate surface area is 107 Å². The molecule has 0 spiro atoms. The molecule has 17 heavy (non-hydrogen) atoms. The fraction of sp³-hybridized carbons (Fsp3) is 1.00. The molecule has 3 heteroatoms. The Bertz CT molecular complexity index is 215. The van der Waals surface area contributed by atoms with Gasteiger partial charge in [-0.05, 0) is 19.3 Å². The highest BCUT2D eigenvalue weighted by Gasteiger charge is 2.28. The van der Waals surface area contributed by atoms with Gasteiger partial charge in [0.1, 0.15) is 0 Å². The molecule has 0 saturated carbocycles. The van der Waals surface area contributed by atoms with Gasteiger partial charge in [-0.15, -0.1) is 0 Å². The van der Waals surface area contributed by atoms with E-state index in [2.05, 4.69) is 44.4 Å². The van der Waals surface area contributed by atoms with Crippen molar-refractivity contribution in [2.24, 2.45) is 5.41 Å². The third-order valence-corrected chi connectivity index (χ3v) is 3.81. The first-order valence-corrected chi connectivity index (χ1v) is 6.83. The van der Waals surface area contributed by atoms with E-state index in [-0.39, 0.29) is 5.41 Å². The van der Waals surface area contributed by atoms with E-state index >= 15 is 0 Å². The van der Waals surface area contributed by atoms with Gasteiger partial charge in [-0.1, -0.05) is 20.8 Å². The molecule has 0 aromatic rings. The lowest BCUT2D eigenvalue weighted by Gasteiger charge is -2.40. The molecule has 0 bridgehead atoms. The standard InChI is InChI=1S/C14H30N2O/c1-12(2)16-9-7-15(8-10-16)11-13(17-6)14(3,4)5/h12-13H,7-11H2,1-6H3. The van der Waals surface area contributed by atoms with Crippen molar-refractivity contribution >= 4 is 0 Å². The Hall–Kier alpha value is -0.120. The van der Waals surface area contributed by atoms with Crippen LogP contribution in [0.25, 0.3) is 0 Å². The van der Waals surface area contributed by atoms with E-state index in [1.54, 1.807) is 0 Å². The molecule has 102 valence electrons. The maximum Gasteiger partial charge on any atom is 0.0746 e. The number of nitrogens with zero attached hydrogens (tertiary/aromatic N) is 2. The maximum absolute atomic E-state index is 5.64. The molecule has 1 heterocycles. The summed E-state index contributed by atoms with van der Waals surface area (Å²) < 4.78 is 5.64. The average molecular weight is 242 g/mol. The Morgan fingerprint density at radius 3 is 1.94 bits per heavy atom. The van der Waals surface area contributed by atoms with E-state index in [1.807, 2.05) is 7.11 Å². The first-order valence-electron chi connectivity index (χ1n) is 6.83. The van der Waals surface area contributed by atoms with Crippen LogP contribution >= 0.6 is 0 Å². The summed E-state index contributed by atoms with van der Waals surface area (Å²) in [5, 5.41) is 0. The fourth-order valence-corrected chi connectivity index (χ4v) is 2.40. The normalized spacial score (nSPS) is 22.1. The van der Waals surface area contributed by atoms with Crippen LogP contribution in [0.4, 0.5) is 0 Å². The molecular weight excluding hydrogens is 212 g/mol. The van der Waals surface area contributed by atoms with Gasteiger partial charge in [-0.25, -0.2) is 0 Å². The van der Waals surface area contributed by atoms with Gasteiger partial charge in [0.25, 0.3) is 0 Å². The molecule has 1 unspecified atom stereocenters. The third kappa shape index (κ3) is 4.57. The molecule has 1 aliphatic heterocycles. The van der Waals surface area contributed by atoms with E-state index in [0.717, 1.165) is 6.54 Å². The second-order valence-electron chi connectivity index (χ2n) is 6.52. The van der Waals surface area contributed by atoms with Crippen molar-refractivity contribution in [1.82, 2.24) is 9.80 Å². The molecule has 0 radical (unpaired) electrons. The molecule has 0 aromatic carbocycles. The minimum Gasteiger partial charge on any atom is -0.380 e. The van der Waals surface area contributed by atoms with Crippen molar-refractivity contribution in [3.63, 3.8) is 0 Å². The molecule has 0 amide bonds. The topological polar surface area (TPSA) is 15.7 Å². The fourth-order valence-electron chi connectivity index (χ4n) is 2.40. The Balaban J connectivity index is 2.39. The molecule has 1 atom stereocenters. The summed E-state index contributed by atoms with van der Waals surface area (Å²) in [5.74, 6) is 0. The Morgan fingerprint density at radius 1 is 1.06 bits per heavy atom. The van der Waals surface area contributed by atoms with Gasteiger partial charge in [-0.3, -0.25) is 9.80 Å². The van der Waals surface area contributed by atoms with E-state index in [4.69, 9.17) is 4.74 Å². The highest BCUT2D eigenvalue weighted by atomic mass is 16.5. The molecule has 3 nitrogen and oxygen atoms in total. The minimum absolute atomic E-state index is 0.226. The van der Waals surface area contributed by atoms with Gasteiger partial charge in [0.2, 0.25) is 0 Å². The van der Waals surface area contributed by atoms with E-state index in [1.165, 1.54) is 26.2 Å². The summed E-state index contributed by atoms with van der Waals surface area (Å²) in [6.07, 6.45) is 0.327. The summed E-state index contributed by atoms with van der Waals surface area (Å²) in [7, 11) is 1.83. The van der Waals surface area contributed by atoms with Gasteiger partial charge in [0.15, 0.2) is 0 Å². The molecule has 0 aliphatic carbocycles. The van der Waals surface area contributed by atoms with Crippen LogP contribution in [0.5, 0.6) is 0 Å². The smallest absolute Gasteiger partial charge is 0.0746 e. The number of hydrogen-bond acceptors (Lipinski definition) is 3. The van der Waals surface area contributed by atoms with Gasteiger partial charge < -0.3 is 4.74 Å². The lowest BCUT2D eigenvalue weighted by atomic mass is 9.88. The summed E-state index contributed by atoms with van der Waals surface area (Å²) in [5.41, 5.74) is 0.226. The number of hydrogen-bond donors (Lipinski definition) is 0. The molecule has 1 aliphatic rings. The van der Waals surface area contributed by atoms with Crippen molar-refractivity contribution in [3.05, 3.63) is 0 Å². The molecule has 0 aromatic heterocycles. The van der Waals surface area contributed by atoms with Crippen LogP contribution in [-0.4, -0.2) is 61.8 Å². The SMILES string of the molecule is COC(CN1CCN(C(C)C)CC1)C(C)(C)C. The zero-order chi connectivity index (χ0) is 13.1. The predicted molar refractivity (Wildman–Crippen MR) is 73.4 cm³/mol. The van der Waals surface area contributed by atoms with Crippen LogP contribution in [-0.2, 0) is 4.74 Å². The zero-order valence-corrected chi connectivity index (χ0v) is 12.5. The van der Waals surface area contributed by atoms with Gasteiger partial charge >= 0.3 is 0 Å². The largest absolute Gasteiger partial charge is 0.380 e. The van der Waals surface area contributed by atoms with E-state index in [9.17, 15) is 0 Å². The van der Waals surface area contributed by atoms with E-state index in [0.29, 0.717) is 12.1 Å². The summed E-state index contributed by atoms with van der Waals surface area (Å²) in [6.45, 7) is 17.1. The van der Waals surface area contributed by atoms with Crippen molar-refractivity contribution in [1.29, 1.82) is 0 Å². The monoisotopic (exact) mass is 242 g/mol. The number of methoxy groups -OCH3 is 1. The zero-order valence-electron chi connectivity index (χ0n) is 12.5. The van der Waals surface area contributed by atoms with Crippen LogP contribution < -0.4 is 0 Å². The van der Waals surface area contributed by atoms with Crippen molar-refractivity contribution < 1.29 is 4.74 Å². The highest BCUT2D eigenvalue weighted by Crippen LogP contribution is 2.23. The van der Waals surface area contributed by atoms with Crippen molar-refractivity contribution in [2.45, 2.75) is 46.8 Å². The predicted octanol–water partition coefficient (Wildman–Crippen LogP) is 2.07. The number of piperazine rings is 1. The van der Waals surface area contributed by atoms with Crippen LogP contribution in [0.3, 0.4) is 0 Å². The summed E-state index contributed by atoms with van der Waals surface area (Å²) >= 11 is 0. The lowest BCUT2D eigenvalue weighted by Crippen LogP contribution is -2.52. The Kier molecular flexibility index (Phi) is 5.42. The quantitative estimate of drug-likeness (QED) is 0.750. The second kappa shape index (κ2) is 6.17. The van der Waals surface area contributed by atoms with Crippen molar-refractivity contribution in [2.75, 3.05) is 39.8 Å². The van der Waals surface area contributed by atoms with Crippen LogP contribution in [0.2, 0.25) is 0 Å². The van der Waals surface area contributed by atoms with Gasteiger partial charge in [-0.2, -0.15) is 0 Å². The summed E-state index contributed by atoms with van der Waals surface area (Å²) in [4.78, 5) is 5.09. The lowest BCUT2D eigenvalue weighted by molar-refractivity contribution is -0.0200. The van der Waals surface area contributed by atoms with Crippen LogP contribution in [0.15, 0.2) is 0 Å². The number of ether oxygens (including phenoxy) is 1. The van der Waals surface area contributed by atoms with Crippen LogP contribution in [0.1, 0.15) is 34.6 Å². The first-order chi connectivity index (χ1) is 7.84. The second-order valence-corrected chi connectivity index (χ2v) is 6.52. The van der Waals surface area contributed by atoms with Gasteiger partial charge in [0.05, 0.1) is 6.10 Å². The third-order valence-electron chi connectivity index (χ3n) is 3.81. The maximum atomic E-state index is 5.64.